The summed E-state index contributed by atoms with van der Waals surface area (Å²) >= 11 is 0. The Bertz CT molecular complexity index is 342. The lowest BCUT2D eigenvalue weighted by Crippen LogP contribution is -2.23. The van der Waals surface area contributed by atoms with Crippen LogP contribution < -0.4 is 0 Å². The minimum atomic E-state index is -1.28. The average Bonchev–Trinajstić information content (AvgIpc) is 2.19. The first-order chi connectivity index (χ1) is 6.74. The van der Waals surface area contributed by atoms with E-state index in [1.807, 2.05) is 6.07 Å². The Labute approximate surface area is 81.4 Å². The van der Waals surface area contributed by atoms with Crippen molar-refractivity contribution in [3.63, 3.8) is 0 Å². The summed E-state index contributed by atoms with van der Waals surface area (Å²) in [6, 6.07) is 9.00. The van der Waals surface area contributed by atoms with Gasteiger partial charge in [-0.1, -0.05) is 30.3 Å². The number of hydrogen-bond acceptors (Lipinski definition) is 4. The van der Waals surface area contributed by atoms with E-state index in [0.717, 1.165) is 5.56 Å². The number of aliphatic hydroxyl groups excluding tert-OH is 1. The Balaban J connectivity index is 2.54. The summed E-state index contributed by atoms with van der Waals surface area (Å²) in [5.41, 5.74) is 0.815. The molecule has 1 aromatic carbocycles. The number of rotatable bonds is 3. The Morgan fingerprint density at radius 2 is 2.14 bits per heavy atom. The largest absolute Gasteiger partial charge is 0.381 e. The van der Waals surface area contributed by atoms with Crippen molar-refractivity contribution in [3.8, 4) is 6.26 Å². The molecule has 0 spiro atoms. The molecule has 0 amide bonds. The maximum Gasteiger partial charge on any atom is 0.350 e. The van der Waals surface area contributed by atoms with E-state index >= 15 is 0 Å². The van der Waals surface area contributed by atoms with Gasteiger partial charge in [0.1, 0.15) is 0 Å². The highest BCUT2D eigenvalue weighted by Crippen LogP contribution is 2.03. The van der Waals surface area contributed by atoms with Gasteiger partial charge in [0.25, 0.3) is 6.26 Å². The standard InChI is InChI=1S/C10H9NO3/c11-7-14-10(13)9(12)6-8-4-2-1-3-5-8/h1-5,9,12H,6H2. The second-order valence-electron chi connectivity index (χ2n) is 2.72. The molecule has 1 atom stereocenters. The Kier molecular flexibility index (Phi) is 3.65. The topological polar surface area (TPSA) is 70.3 Å². The monoisotopic (exact) mass is 191 g/mol. The van der Waals surface area contributed by atoms with E-state index in [1.165, 1.54) is 6.26 Å². The van der Waals surface area contributed by atoms with Crippen LogP contribution in [0.5, 0.6) is 0 Å². The number of benzene rings is 1. The molecule has 0 saturated carbocycles. The van der Waals surface area contributed by atoms with Crippen molar-refractivity contribution < 1.29 is 14.6 Å². The van der Waals surface area contributed by atoms with Crippen LogP contribution in [-0.4, -0.2) is 17.2 Å². The van der Waals surface area contributed by atoms with Crippen molar-refractivity contribution in [1.29, 1.82) is 5.26 Å². The summed E-state index contributed by atoms with van der Waals surface area (Å²) in [6.45, 7) is 0. The third kappa shape index (κ3) is 2.88. The molecule has 1 aromatic rings. The first-order valence-electron chi connectivity index (χ1n) is 4.06. The minimum absolute atomic E-state index is 0.154. The molecule has 4 heteroatoms. The molecule has 72 valence electrons. The number of nitriles is 1. The van der Waals surface area contributed by atoms with Crippen LogP contribution >= 0.6 is 0 Å². The Morgan fingerprint density at radius 3 is 2.71 bits per heavy atom. The zero-order chi connectivity index (χ0) is 10.4. The quantitative estimate of drug-likeness (QED) is 0.561. The molecule has 0 aliphatic carbocycles. The molecule has 0 bridgehead atoms. The molecule has 0 fully saturated rings. The van der Waals surface area contributed by atoms with Gasteiger partial charge >= 0.3 is 5.97 Å². The molecule has 0 aliphatic heterocycles. The van der Waals surface area contributed by atoms with Crippen molar-refractivity contribution in [2.24, 2.45) is 0 Å². The Hall–Kier alpha value is -1.86. The summed E-state index contributed by atoms with van der Waals surface area (Å²) < 4.78 is 3.99. The van der Waals surface area contributed by atoms with Crippen molar-refractivity contribution in [1.82, 2.24) is 0 Å². The third-order valence-electron chi connectivity index (χ3n) is 1.69. The lowest BCUT2D eigenvalue weighted by atomic mass is 10.1. The average molecular weight is 191 g/mol. The maximum absolute atomic E-state index is 10.9. The fourth-order valence-electron chi connectivity index (χ4n) is 1.03. The van der Waals surface area contributed by atoms with E-state index in [-0.39, 0.29) is 6.42 Å². The second-order valence-corrected chi connectivity index (χ2v) is 2.72. The predicted octanol–water partition coefficient (Wildman–Crippen LogP) is 0.614. The van der Waals surface area contributed by atoms with Gasteiger partial charge in [-0.25, -0.2) is 4.79 Å². The summed E-state index contributed by atoms with van der Waals surface area (Å²) in [5, 5.41) is 17.3. The van der Waals surface area contributed by atoms with Crippen LogP contribution in [0.2, 0.25) is 0 Å². The fourth-order valence-corrected chi connectivity index (χ4v) is 1.03. The van der Waals surface area contributed by atoms with Crippen LogP contribution in [-0.2, 0) is 16.0 Å². The molecule has 4 nitrogen and oxygen atoms in total. The van der Waals surface area contributed by atoms with Gasteiger partial charge in [0.05, 0.1) is 0 Å². The number of carbonyl (C=O) groups excluding carboxylic acids is 1. The molecule has 0 radical (unpaired) electrons. The molecule has 14 heavy (non-hydrogen) atoms. The van der Waals surface area contributed by atoms with E-state index in [4.69, 9.17) is 5.26 Å². The van der Waals surface area contributed by atoms with Crippen LogP contribution in [0.4, 0.5) is 0 Å². The number of carbonyl (C=O) groups is 1. The summed E-state index contributed by atoms with van der Waals surface area (Å²) in [6.07, 6.45) is 0.0982. The molecule has 0 heterocycles. The van der Waals surface area contributed by atoms with Gasteiger partial charge in [-0.05, 0) is 5.56 Å². The van der Waals surface area contributed by atoms with Gasteiger partial charge in [-0.2, -0.15) is 0 Å². The fraction of sp³-hybridized carbons (Fsp3) is 0.200. The number of hydrogen-bond donors (Lipinski definition) is 1. The highest BCUT2D eigenvalue weighted by molar-refractivity contribution is 5.75. The van der Waals surface area contributed by atoms with Gasteiger partial charge in [0.2, 0.25) is 0 Å². The number of ether oxygens (including phenoxy) is 1. The maximum atomic E-state index is 10.9. The van der Waals surface area contributed by atoms with Gasteiger partial charge in [-0.15, -0.1) is 5.26 Å². The van der Waals surface area contributed by atoms with Crippen LogP contribution in [0.1, 0.15) is 5.56 Å². The lowest BCUT2D eigenvalue weighted by molar-refractivity contribution is -0.146. The normalized spacial score (nSPS) is 11.4. The molecule has 0 aliphatic rings. The first-order valence-corrected chi connectivity index (χ1v) is 4.06. The second kappa shape index (κ2) is 5.00. The molecule has 1 N–H and O–H groups in total. The van der Waals surface area contributed by atoms with E-state index in [0.29, 0.717) is 0 Å². The molecular formula is C10H9NO3. The number of nitrogens with zero attached hydrogens (tertiary/aromatic N) is 1. The van der Waals surface area contributed by atoms with Crippen molar-refractivity contribution >= 4 is 5.97 Å². The van der Waals surface area contributed by atoms with Crippen molar-refractivity contribution in [2.75, 3.05) is 0 Å². The van der Waals surface area contributed by atoms with E-state index in [2.05, 4.69) is 4.74 Å². The predicted molar refractivity (Wildman–Crippen MR) is 47.9 cm³/mol. The molecule has 1 rings (SSSR count). The summed E-state index contributed by atoms with van der Waals surface area (Å²) in [7, 11) is 0. The highest BCUT2D eigenvalue weighted by Gasteiger charge is 2.16. The van der Waals surface area contributed by atoms with E-state index < -0.39 is 12.1 Å². The van der Waals surface area contributed by atoms with Crippen LogP contribution in [0.3, 0.4) is 0 Å². The molecule has 0 saturated heterocycles. The van der Waals surface area contributed by atoms with E-state index in [1.54, 1.807) is 24.3 Å². The van der Waals surface area contributed by atoms with Crippen molar-refractivity contribution in [2.45, 2.75) is 12.5 Å². The van der Waals surface area contributed by atoms with Crippen molar-refractivity contribution in [3.05, 3.63) is 35.9 Å². The van der Waals surface area contributed by atoms with Gasteiger partial charge in [0.15, 0.2) is 6.10 Å². The SMILES string of the molecule is N#COC(=O)C(O)Cc1ccccc1. The number of esters is 1. The summed E-state index contributed by atoms with van der Waals surface area (Å²) in [4.78, 5) is 10.9. The van der Waals surface area contributed by atoms with Gasteiger partial charge < -0.3 is 9.84 Å². The van der Waals surface area contributed by atoms with Crippen LogP contribution in [0, 0.1) is 11.5 Å². The molecular weight excluding hydrogens is 182 g/mol. The summed E-state index contributed by atoms with van der Waals surface area (Å²) in [5.74, 6) is -0.920. The molecule has 1 unspecified atom stereocenters. The lowest BCUT2D eigenvalue weighted by Gasteiger charge is -2.05. The zero-order valence-electron chi connectivity index (χ0n) is 7.38. The zero-order valence-corrected chi connectivity index (χ0v) is 7.38. The first kappa shape index (κ1) is 10.2. The number of aliphatic hydroxyl groups is 1. The Morgan fingerprint density at radius 1 is 1.50 bits per heavy atom. The highest BCUT2D eigenvalue weighted by atomic mass is 16.5. The van der Waals surface area contributed by atoms with Gasteiger partial charge in [0, 0.05) is 6.42 Å². The van der Waals surface area contributed by atoms with Crippen LogP contribution in [0.25, 0.3) is 0 Å². The van der Waals surface area contributed by atoms with E-state index in [9.17, 15) is 9.90 Å². The minimum Gasteiger partial charge on any atom is -0.381 e. The van der Waals surface area contributed by atoms with Crippen LogP contribution in [0.15, 0.2) is 30.3 Å². The third-order valence-corrected chi connectivity index (χ3v) is 1.69. The smallest absolute Gasteiger partial charge is 0.350 e. The van der Waals surface area contributed by atoms with Gasteiger partial charge in [-0.3, -0.25) is 0 Å². The molecule has 0 aromatic heterocycles.